The highest BCUT2D eigenvalue weighted by Crippen LogP contribution is 2.60. The molecular formula is C16H25N3O. The summed E-state index contributed by atoms with van der Waals surface area (Å²) in [6, 6.07) is 0. The Hall–Kier alpha value is -0.870. The number of ether oxygens (including phenoxy) is 1. The highest BCUT2D eigenvalue weighted by Gasteiger charge is 2.53. The van der Waals surface area contributed by atoms with Crippen molar-refractivity contribution in [1.29, 1.82) is 0 Å². The van der Waals surface area contributed by atoms with Gasteiger partial charge in [-0.15, -0.1) is 0 Å². The van der Waals surface area contributed by atoms with Crippen LogP contribution in [0.15, 0.2) is 0 Å². The second-order valence-corrected chi connectivity index (χ2v) is 7.35. The minimum atomic E-state index is 0.324. The van der Waals surface area contributed by atoms with Gasteiger partial charge >= 0.3 is 0 Å². The van der Waals surface area contributed by atoms with Gasteiger partial charge in [0.2, 0.25) is 0 Å². The van der Waals surface area contributed by atoms with Gasteiger partial charge in [-0.05, 0) is 56.3 Å². The van der Waals surface area contributed by atoms with E-state index in [-0.39, 0.29) is 0 Å². The number of nitrogens with one attached hydrogen (secondary N) is 1. The van der Waals surface area contributed by atoms with Crippen molar-refractivity contribution in [3.63, 3.8) is 0 Å². The first-order chi connectivity index (χ1) is 9.72. The molecule has 0 spiro atoms. The molecule has 1 heterocycles. The van der Waals surface area contributed by atoms with E-state index in [1.807, 2.05) is 0 Å². The number of imidazole rings is 1. The zero-order valence-electron chi connectivity index (χ0n) is 12.3. The number of H-pyrrole nitrogens is 1. The molecule has 4 heteroatoms. The molecule has 0 saturated heterocycles. The van der Waals surface area contributed by atoms with Gasteiger partial charge < -0.3 is 15.5 Å². The molecule has 110 valence electrons. The topological polar surface area (TPSA) is 63.9 Å². The molecule has 0 amide bonds. The van der Waals surface area contributed by atoms with Crippen molar-refractivity contribution in [2.75, 3.05) is 7.11 Å². The Balaban J connectivity index is 1.69. The van der Waals surface area contributed by atoms with Crippen LogP contribution in [-0.2, 0) is 23.3 Å². The normalized spacial score (nSPS) is 38.6. The Morgan fingerprint density at radius 2 is 1.80 bits per heavy atom. The monoisotopic (exact) mass is 275 g/mol. The number of hydrogen-bond donors (Lipinski definition) is 2. The number of rotatable bonds is 4. The molecule has 0 aromatic carbocycles. The van der Waals surface area contributed by atoms with Gasteiger partial charge in [-0.2, -0.15) is 0 Å². The lowest BCUT2D eigenvalue weighted by Crippen LogP contribution is -2.49. The fourth-order valence-corrected chi connectivity index (χ4v) is 5.53. The Morgan fingerprint density at radius 3 is 2.30 bits per heavy atom. The summed E-state index contributed by atoms with van der Waals surface area (Å²) >= 11 is 0. The molecule has 5 rings (SSSR count). The second-order valence-electron chi connectivity index (χ2n) is 7.35. The lowest BCUT2D eigenvalue weighted by Gasteiger charge is -2.56. The van der Waals surface area contributed by atoms with E-state index in [9.17, 15) is 0 Å². The zero-order valence-corrected chi connectivity index (χ0v) is 12.3. The number of aromatic amines is 1. The summed E-state index contributed by atoms with van der Waals surface area (Å²) in [5.41, 5.74) is 8.25. The third kappa shape index (κ3) is 1.85. The molecule has 1 aromatic heterocycles. The van der Waals surface area contributed by atoms with E-state index in [1.165, 1.54) is 44.3 Å². The quantitative estimate of drug-likeness (QED) is 0.887. The average molecular weight is 275 g/mol. The van der Waals surface area contributed by atoms with Gasteiger partial charge in [0.25, 0.3) is 0 Å². The highest BCUT2D eigenvalue weighted by molar-refractivity contribution is 5.23. The van der Waals surface area contributed by atoms with Gasteiger partial charge in [-0.1, -0.05) is 0 Å². The van der Waals surface area contributed by atoms with E-state index in [0.717, 1.165) is 29.1 Å². The van der Waals surface area contributed by atoms with Crippen molar-refractivity contribution in [1.82, 2.24) is 9.97 Å². The van der Waals surface area contributed by atoms with Crippen LogP contribution in [0.25, 0.3) is 0 Å². The summed E-state index contributed by atoms with van der Waals surface area (Å²) in [5, 5.41) is 0. The van der Waals surface area contributed by atoms with Gasteiger partial charge in [-0.3, -0.25) is 0 Å². The molecule has 0 unspecified atom stereocenters. The molecule has 0 radical (unpaired) electrons. The molecule has 20 heavy (non-hydrogen) atoms. The molecule has 4 nitrogen and oxygen atoms in total. The number of methoxy groups -OCH3 is 1. The van der Waals surface area contributed by atoms with Gasteiger partial charge in [0.15, 0.2) is 0 Å². The van der Waals surface area contributed by atoms with Crippen molar-refractivity contribution >= 4 is 0 Å². The first-order valence-electron chi connectivity index (χ1n) is 7.99. The van der Waals surface area contributed by atoms with Crippen LogP contribution in [0.5, 0.6) is 0 Å². The van der Waals surface area contributed by atoms with Crippen molar-refractivity contribution in [2.45, 2.75) is 57.1 Å². The van der Waals surface area contributed by atoms with E-state index in [4.69, 9.17) is 15.5 Å². The summed E-state index contributed by atoms with van der Waals surface area (Å²) in [5.74, 6) is 4.04. The summed E-state index contributed by atoms with van der Waals surface area (Å²) in [6.07, 6.45) is 8.41. The van der Waals surface area contributed by atoms with Gasteiger partial charge in [0.1, 0.15) is 5.82 Å². The maximum Gasteiger partial charge on any atom is 0.112 e. The molecular weight excluding hydrogens is 250 g/mol. The van der Waals surface area contributed by atoms with E-state index >= 15 is 0 Å². The van der Waals surface area contributed by atoms with Crippen LogP contribution in [0.2, 0.25) is 0 Å². The van der Waals surface area contributed by atoms with Crippen LogP contribution >= 0.6 is 0 Å². The van der Waals surface area contributed by atoms with Gasteiger partial charge in [0.05, 0.1) is 18.0 Å². The fraction of sp³-hybridized carbons (Fsp3) is 0.812. The lowest BCUT2D eigenvalue weighted by atomic mass is 9.49. The first-order valence-corrected chi connectivity index (χ1v) is 7.99. The molecule has 3 N–H and O–H groups in total. The number of hydrogen-bond acceptors (Lipinski definition) is 3. The SMILES string of the molecule is COCc1[nH]c(C23CC4CC(CC(C4)C2)C3)nc1CN. The number of nitrogens with zero attached hydrogens (tertiary/aromatic N) is 1. The molecule has 4 bridgehead atoms. The van der Waals surface area contributed by atoms with E-state index in [0.29, 0.717) is 18.6 Å². The van der Waals surface area contributed by atoms with E-state index < -0.39 is 0 Å². The Bertz CT molecular complexity index is 473. The largest absolute Gasteiger partial charge is 0.378 e. The number of nitrogens with two attached hydrogens (primary N) is 1. The smallest absolute Gasteiger partial charge is 0.112 e. The predicted octanol–water partition coefficient (Wildman–Crippen LogP) is 2.48. The lowest BCUT2D eigenvalue weighted by molar-refractivity contribution is -0.00915. The molecule has 1 aromatic rings. The molecule has 0 atom stereocenters. The van der Waals surface area contributed by atoms with E-state index in [2.05, 4.69) is 4.98 Å². The third-order valence-corrected chi connectivity index (χ3v) is 5.89. The third-order valence-electron chi connectivity index (χ3n) is 5.89. The van der Waals surface area contributed by atoms with Crippen LogP contribution in [0.3, 0.4) is 0 Å². The summed E-state index contributed by atoms with van der Waals surface area (Å²) in [7, 11) is 1.73. The Labute approximate surface area is 120 Å². The molecule has 4 aliphatic rings. The average Bonchev–Trinajstić information content (AvgIpc) is 2.81. The number of aromatic nitrogens is 2. The first kappa shape index (κ1) is 12.8. The van der Waals surface area contributed by atoms with Crippen LogP contribution in [-0.4, -0.2) is 17.1 Å². The maximum absolute atomic E-state index is 5.85. The summed E-state index contributed by atoms with van der Waals surface area (Å²) in [6.45, 7) is 1.09. The molecule has 0 aliphatic heterocycles. The second kappa shape index (κ2) is 4.57. The van der Waals surface area contributed by atoms with Gasteiger partial charge in [0, 0.05) is 19.1 Å². The molecule has 4 saturated carbocycles. The van der Waals surface area contributed by atoms with Crippen LogP contribution < -0.4 is 5.73 Å². The minimum Gasteiger partial charge on any atom is -0.378 e. The Kier molecular flexibility index (Phi) is 2.93. The van der Waals surface area contributed by atoms with Crippen LogP contribution in [0.1, 0.15) is 55.7 Å². The predicted molar refractivity (Wildman–Crippen MR) is 77.0 cm³/mol. The van der Waals surface area contributed by atoms with Gasteiger partial charge in [-0.25, -0.2) is 4.98 Å². The highest BCUT2D eigenvalue weighted by atomic mass is 16.5. The maximum atomic E-state index is 5.85. The van der Waals surface area contributed by atoms with Crippen LogP contribution in [0.4, 0.5) is 0 Å². The molecule has 4 fully saturated rings. The standard InChI is InChI=1S/C16H25N3O/c1-20-9-14-13(8-17)18-15(19-14)16-5-10-2-11(6-16)4-12(3-10)7-16/h10-12H,2-9,17H2,1H3,(H,18,19). The van der Waals surface area contributed by atoms with Crippen LogP contribution in [0, 0.1) is 17.8 Å². The summed E-state index contributed by atoms with van der Waals surface area (Å²) < 4.78 is 5.28. The summed E-state index contributed by atoms with van der Waals surface area (Å²) in [4.78, 5) is 8.45. The van der Waals surface area contributed by atoms with Crippen molar-refractivity contribution < 1.29 is 4.74 Å². The van der Waals surface area contributed by atoms with Crippen molar-refractivity contribution in [2.24, 2.45) is 23.5 Å². The fourth-order valence-electron chi connectivity index (χ4n) is 5.53. The zero-order chi connectivity index (χ0) is 13.7. The Morgan fingerprint density at radius 1 is 1.20 bits per heavy atom. The van der Waals surface area contributed by atoms with E-state index in [1.54, 1.807) is 7.11 Å². The minimum absolute atomic E-state index is 0.324. The van der Waals surface area contributed by atoms with Crippen molar-refractivity contribution in [3.8, 4) is 0 Å². The van der Waals surface area contributed by atoms with Crippen molar-refractivity contribution in [3.05, 3.63) is 17.2 Å². The molecule has 4 aliphatic carbocycles.